The molecule has 4 heteroatoms. The van der Waals surface area contributed by atoms with Crippen molar-refractivity contribution < 1.29 is 15.0 Å². The van der Waals surface area contributed by atoms with Gasteiger partial charge in [0.2, 0.25) is 0 Å². The molecule has 0 amide bonds. The average Bonchev–Trinajstić information content (AvgIpc) is 2.80. The molecule has 14 heavy (non-hydrogen) atoms. The lowest BCUT2D eigenvalue weighted by molar-refractivity contribution is -0.156. The molecule has 1 saturated heterocycles. The predicted octanol–water partition coefficient (Wildman–Crippen LogP) is 1.36. The van der Waals surface area contributed by atoms with Crippen molar-refractivity contribution in [3.63, 3.8) is 0 Å². The second-order valence-corrected chi connectivity index (χ2v) is 5.67. The maximum absolute atomic E-state index is 11.2. The van der Waals surface area contributed by atoms with E-state index in [1.165, 1.54) is 0 Å². The van der Waals surface area contributed by atoms with Crippen LogP contribution >= 0.6 is 11.8 Å². The molecule has 0 radical (unpaired) electrons. The minimum absolute atomic E-state index is 0.128. The van der Waals surface area contributed by atoms with Crippen LogP contribution in [0.25, 0.3) is 0 Å². The first-order chi connectivity index (χ1) is 6.53. The van der Waals surface area contributed by atoms with E-state index < -0.39 is 17.0 Å². The molecule has 2 N–H and O–H groups in total. The molecule has 3 unspecified atom stereocenters. The first-order valence-electron chi connectivity index (χ1n) is 5.06. The third-order valence-electron chi connectivity index (χ3n) is 3.74. The van der Waals surface area contributed by atoms with Gasteiger partial charge in [0.1, 0.15) is 5.41 Å². The van der Waals surface area contributed by atoms with Gasteiger partial charge in [0.25, 0.3) is 0 Å². The van der Waals surface area contributed by atoms with Crippen LogP contribution in [0.3, 0.4) is 0 Å². The quantitative estimate of drug-likeness (QED) is 0.731. The van der Waals surface area contributed by atoms with Crippen molar-refractivity contribution in [3.8, 4) is 0 Å². The summed E-state index contributed by atoms with van der Waals surface area (Å²) in [6.45, 7) is 1.92. The van der Waals surface area contributed by atoms with Crippen molar-refractivity contribution in [2.75, 3.05) is 11.5 Å². The summed E-state index contributed by atoms with van der Waals surface area (Å²) in [4.78, 5) is 11.2. The maximum Gasteiger partial charge on any atom is 0.312 e. The molecule has 2 fully saturated rings. The SMILES string of the molecule is CC1CC1(C(=O)O)C1(O)CCCSC1. The molecule has 3 nitrogen and oxygen atoms in total. The Morgan fingerprint density at radius 2 is 2.21 bits per heavy atom. The standard InChI is InChI=1S/C10H16O3S/c1-7-5-10(7,8(11)12)9(13)3-2-4-14-6-9/h7,13H,2-6H2,1H3,(H,11,12). The number of hydrogen-bond acceptors (Lipinski definition) is 3. The van der Waals surface area contributed by atoms with Crippen LogP contribution in [-0.4, -0.2) is 33.3 Å². The number of rotatable bonds is 2. The first kappa shape index (κ1) is 10.3. The Bertz CT molecular complexity index is 260. The highest BCUT2D eigenvalue weighted by Crippen LogP contribution is 2.62. The van der Waals surface area contributed by atoms with Gasteiger partial charge in [-0.2, -0.15) is 11.8 Å². The van der Waals surface area contributed by atoms with Crippen LogP contribution in [0.4, 0.5) is 0 Å². The lowest BCUT2D eigenvalue weighted by Gasteiger charge is -2.37. The van der Waals surface area contributed by atoms with Crippen LogP contribution in [0.2, 0.25) is 0 Å². The van der Waals surface area contributed by atoms with E-state index in [0.717, 1.165) is 12.2 Å². The van der Waals surface area contributed by atoms with E-state index in [1.54, 1.807) is 11.8 Å². The summed E-state index contributed by atoms with van der Waals surface area (Å²) in [6, 6.07) is 0. The van der Waals surface area contributed by atoms with Crippen molar-refractivity contribution in [1.29, 1.82) is 0 Å². The largest absolute Gasteiger partial charge is 0.481 e. The van der Waals surface area contributed by atoms with E-state index in [0.29, 0.717) is 18.6 Å². The number of thioether (sulfide) groups is 1. The third kappa shape index (κ3) is 1.20. The van der Waals surface area contributed by atoms with E-state index in [1.807, 2.05) is 6.92 Å². The van der Waals surface area contributed by atoms with E-state index in [9.17, 15) is 15.0 Å². The maximum atomic E-state index is 11.2. The monoisotopic (exact) mass is 216 g/mol. The molecular weight excluding hydrogens is 200 g/mol. The zero-order chi connectivity index (χ0) is 10.4. The van der Waals surface area contributed by atoms with Crippen molar-refractivity contribution in [2.24, 2.45) is 11.3 Å². The highest BCUT2D eigenvalue weighted by atomic mass is 32.2. The zero-order valence-electron chi connectivity index (χ0n) is 8.32. The number of carboxylic acids is 1. The van der Waals surface area contributed by atoms with Gasteiger partial charge >= 0.3 is 5.97 Å². The number of aliphatic carboxylic acids is 1. The van der Waals surface area contributed by atoms with Gasteiger partial charge in [0, 0.05) is 5.75 Å². The fourth-order valence-electron chi connectivity index (χ4n) is 2.70. The number of carbonyl (C=O) groups is 1. The average molecular weight is 216 g/mol. The van der Waals surface area contributed by atoms with Crippen LogP contribution in [-0.2, 0) is 4.79 Å². The Kier molecular flexibility index (Phi) is 2.31. The second kappa shape index (κ2) is 3.14. The Labute approximate surface area is 87.9 Å². The van der Waals surface area contributed by atoms with Crippen LogP contribution < -0.4 is 0 Å². The first-order valence-corrected chi connectivity index (χ1v) is 6.22. The molecule has 1 saturated carbocycles. The molecule has 0 bridgehead atoms. The van der Waals surface area contributed by atoms with E-state index in [2.05, 4.69) is 0 Å². The Hall–Kier alpha value is -0.220. The van der Waals surface area contributed by atoms with E-state index in [4.69, 9.17) is 0 Å². The molecule has 0 aromatic carbocycles. The van der Waals surface area contributed by atoms with Crippen LogP contribution in [0.5, 0.6) is 0 Å². The van der Waals surface area contributed by atoms with E-state index >= 15 is 0 Å². The van der Waals surface area contributed by atoms with Crippen LogP contribution in [0.1, 0.15) is 26.2 Å². The van der Waals surface area contributed by atoms with Gasteiger partial charge < -0.3 is 10.2 Å². The Morgan fingerprint density at radius 1 is 1.57 bits per heavy atom. The summed E-state index contributed by atoms with van der Waals surface area (Å²) in [7, 11) is 0. The summed E-state index contributed by atoms with van der Waals surface area (Å²) in [5.41, 5.74) is -1.79. The highest BCUT2D eigenvalue weighted by molar-refractivity contribution is 7.99. The molecular formula is C10H16O3S. The van der Waals surface area contributed by atoms with Crippen LogP contribution in [0.15, 0.2) is 0 Å². The molecule has 1 aliphatic carbocycles. The fourth-order valence-corrected chi connectivity index (χ4v) is 3.93. The molecule has 2 aliphatic rings. The van der Waals surface area contributed by atoms with Gasteiger partial charge in [0.15, 0.2) is 0 Å². The summed E-state index contributed by atoms with van der Waals surface area (Å²) in [6.07, 6.45) is 2.22. The lowest BCUT2D eigenvalue weighted by atomic mass is 9.80. The van der Waals surface area contributed by atoms with Crippen molar-refractivity contribution in [1.82, 2.24) is 0 Å². The molecule has 0 spiro atoms. The lowest BCUT2D eigenvalue weighted by Crippen LogP contribution is -2.49. The minimum Gasteiger partial charge on any atom is -0.481 e. The number of carboxylic acid groups (broad SMARTS) is 1. The predicted molar refractivity (Wildman–Crippen MR) is 55.4 cm³/mol. The van der Waals surface area contributed by atoms with Gasteiger partial charge in [-0.3, -0.25) is 4.79 Å². The second-order valence-electron chi connectivity index (χ2n) is 4.57. The molecule has 3 atom stereocenters. The van der Waals surface area contributed by atoms with Gasteiger partial charge in [-0.1, -0.05) is 6.92 Å². The Balaban J connectivity index is 2.23. The number of aliphatic hydroxyl groups is 1. The fraction of sp³-hybridized carbons (Fsp3) is 0.900. The minimum atomic E-state index is -0.957. The molecule has 1 aliphatic heterocycles. The smallest absolute Gasteiger partial charge is 0.312 e. The molecule has 0 aromatic heterocycles. The van der Waals surface area contributed by atoms with Gasteiger partial charge in [-0.15, -0.1) is 0 Å². The summed E-state index contributed by atoms with van der Waals surface area (Å²) >= 11 is 1.67. The number of hydrogen-bond donors (Lipinski definition) is 2. The highest BCUT2D eigenvalue weighted by Gasteiger charge is 2.69. The van der Waals surface area contributed by atoms with Crippen LogP contribution in [0, 0.1) is 11.3 Å². The zero-order valence-corrected chi connectivity index (χ0v) is 9.14. The van der Waals surface area contributed by atoms with Crippen molar-refractivity contribution in [2.45, 2.75) is 31.8 Å². The molecule has 1 heterocycles. The topological polar surface area (TPSA) is 57.5 Å². The van der Waals surface area contributed by atoms with Crippen molar-refractivity contribution >= 4 is 17.7 Å². The molecule has 0 aromatic rings. The normalized spacial score (nSPS) is 47.4. The molecule has 80 valence electrons. The van der Waals surface area contributed by atoms with E-state index in [-0.39, 0.29) is 5.92 Å². The Morgan fingerprint density at radius 3 is 2.57 bits per heavy atom. The van der Waals surface area contributed by atoms with Gasteiger partial charge in [-0.05, 0) is 30.9 Å². The van der Waals surface area contributed by atoms with Crippen molar-refractivity contribution in [3.05, 3.63) is 0 Å². The molecule has 2 rings (SSSR count). The summed E-state index contributed by atoms with van der Waals surface area (Å²) < 4.78 is 0. The summed E-state index contributed by atoms with van der Waals surface area (Å²) in [5, 5.41) is 19.6. The summed E-state index contributed by atoms with van der Waals surface area (Å²) in [5.74, 6) is 0.953. The van der Waals surface area contributed by atoms with Gasteiger partial charge in [-0.25, -0.2) is 0 Å². The third-order valence-corrected chi connectivity index (χ3v) is 5.00. The van der Waals surface area contributed by atoms with Gasteiger partial charge in [0.05, 0.1) is 5.60 Å².